The van der Waals surface area contributed by atoms with Gasteiger partial charge in [-0.25, -0.2) is 4.79 Å². The summed E-state index contributed by atoms with van der Waals surface area (Å²) in [5.41, 5.74) is 4.69. The smallest absolute Gasteiger partial charge is 0.337 e. The minimum atomic E-state index is -0.256. The third-order valence-corrected chi connectivity index (χ3v) is 6.54. The number of fused-ring (bicyclic) bond motifs is 6. The topological polar surface area (TPSA) is 54.6 Å². The molecule has 4 heterocycles. The molecule has 5 nitrogen and oxygen atoms in total. The van der Waals surface area contributed by atoms with Crippen molar-refractivity contribution in [3.63, 3.8) is 0 Å². The van der Waals surface area contributed by atoms with Gasteiger partial charge in [0.15, 0.2) is 0 Å². The predicted octanol–water partition coefficient (Wildman–Crippen LogP) is 3.18. The van der Waals surface area contributed by atoms with Crippen LogP contribution in [0.25, 0.3) is 10.9 Å². The van der Waals surface area contributed by atoms with Gasteiger partial charge in [-0.05, 0) is 31.4 Å². The molecule has 0 amide bonds. The van der Waals surface area contributed by atoms with E-state index in [4.69, 9.17) is 9.47 Å². The van der Waals surface area contributed by atoms with Crippen LogP contribution in [0.4, 0.5) is 0 Å². The second kappa shape index (κ2) is 5.88. The first-order valence-corrected chi connectivity index (χ1v) is 9.44. The molecular weight excluding hydrogens is 328 g/mol. The molecule has 1 aromatic carbocycles. The Bertz CT molecular complexity index is 900. The van der Waals surface area contributed by atoms with Gasteiger partial charge in [-0.3, -0.25) is 4.90 Å². The summed E-state index contributed by atoms with van der Waals surface area (Å²) in [5, 5.41) is 1.34. The zero-order chi connectivity index (χ0) is 17.8. The lowest BCUT2D eigenvalue weighted by Gasteiger charge is -2.49. The molecule has 0 aliphatic carbocycles. The lowest BCUT2D eigenvalue weighted by molar-refractivity contribution is -0.139. The van der Waals surface area contributed by atoms with Crippen LogP contribution in [0.15, 0.2) is 36.1 Å². The van der Waals surface area contributed by atoms with E-state index in [1.54, 1.807) is 6.26 Å². The molecule has 1 saturated heterocycles. The van der Waals surface area contributed by atoms with E-state index in [0.717, 1.165) is 25.9 Å². The maximum atomic E-state index is 12.3. The van der Waals surface area contributed by atoms with Crippen LogP contribution in [0.3, 0.4) is 0 Å². The van der Waals surface area contributed by atoms with E-state index in [1.165, 1.54) is 29.3 Å². The Morgan fingerprint density at radius 2 is 2.19 bits per heavy atom. The summed E-state index contributed by atoms with van der Waals surface area (Å²) < 4.78 is 10.8. The van der Waals surface area contributed by atoms with Crippen LogP contribution in [0.1, 0.15) is 30.6 Å². The summed E-state index contributed by atoms with van der Waals surface area (Å²) in [6, 6.07) is 8.88. The molecule has 5 rings (SSSR count). The van der Waals surface area contributed by atoms with Gasteiger partial charge in [0, 0.05) is 41.5 Å². The fourth-order valence-corrected chi connectivity index (χ4v) is 5.19. The molecule has 0 spiro atoms. The molecular formula is C21H24N2O3. The number of nitrogens with zero attached hydrogens (tertiary/aromatic N) is 1. The molecule has 3 aliphatic rings. The van der Waals surface area contributed by atoms with Crippen molar-refractivity contribution in [3.8, 4) is 0 Å². The number of carbonyl (C=O) groups excluding carboxylic acids is 1. The van der Waals surface area contributed by atoms with E-state index in [2.05, 4.69) is 41.1 Å². The fourth-order valence-electron chi connectivity index (χ4n) is 5.19. The number of aromatic amines is 1. The molecule has 0 saturated carbocycles. The van der Waals surface area contributed by atoms with Gasteiger partial charge in [-0.2, -0.15) is 0 Å². The predicted molar refractivity (Wildman–Crippen MR) is 98.6 cm³/mol. The Labute approximate surface area is 153 Å². The third kappa shape index (κ3) is 2.23. The van der Waals surface area contributed by atoms with Gasteiger partial charge in [0.05, 0.1) is 31.1 Å². The van der Waals surface area contributed by atoms with Crippen LogP contribution in [0, 0.1) is 11.8 Å². The molecule has 1 aromatic heterocycles. The van der Waals surface area contributed by atoms with Crippen molar-refractivity contribution in [2.75, 3.05) is 20.2 Å². The quantitative estimate of drug-likeness (QED) is 0.801. The third-order valence-electron chi connectivity index (χ3n) is 6.54. The second-order valence-corrected chi connectivity index (χ2v) is 7.74. The number of carbonyl (C=O) groups is 1. The molecule has 2 aromatic rings. The number of benzene rings is 1. The first-order chi connectivity index (χ1) is 12.7. The summed E-state index contributed by atoms with van der Waals surface area (Å²) in [7, 11) is 1.45. The van der Waals surface area contributed by atoms with Crippen molar-refractivity contribution in [2.24, 2.45) is 11.8 Å². The molecule has 136 valence electrons. The van der Waals surface area contributed by atoms with Crippen LogP contribution in [-0.2, 0) is 20.7 Å². The molecule has 3 aliphatic heterocycles. The Morgan fingerprint density at radius 3 is 3.04 bits per heavy atom. The van der Waals surface area contributed by atoms with E-state index >= 15 is 0 Å². The monoisotopic (exact) mass is 352 g/mol. The highest BCUT2D eigenvalue weighted by atomic mass is 16.5. The van der Waals surface area contributed by atoms with E-state index in [9.17, 15) is 4.79 Å². The van der Waals surface area contributed by atoms with Gasteiger partial charge >= 0.3 is 5.97 Å². The molecule has 5 heteroatoms. The molecule has 0 unspecified atom stereocenters. The number of ether oxygens (including phenoxy) is 2. The van der Waals surface area contributed by atoms with Gasteiger partial charge in [-0.15, -0.1) is 0 Å². The Kier molecular flexibility index (Phi) is 3.60. The van der Waals surface area contributed by atoms with Crippen LogP contribution < -0.4 is 0 Å². The highest BCUT2D eigenvalue weighted by Gasteiger charge is 2.46. The lowest BCUT2D eigenvalue weighted by atomic mass is 9.72. The lowest BCUT2D eigenvalue weighted by Crippen LogP contribution is -2.51. The number of para-hydroxylation sites is 1. The molecule has 26 heavy (non-hydrogen) atoms. The average molecular weight is 352 g/mol. The van der Waals surface area contributed by atoms with Crippen molar-refractivity contribution in [2.45, 2.75) is 31.9 Å². The van der Waals surface area contributed by atoms with Gasteiger partial charge < -0.3 is 14.5 Å². The number of piperidine rings is 1. The van der Waals surface area contributed by atoms with Crippen LogP contribution in [-0.4, -0.2) is 42.2 Å². The number of methoxy groups -OCH3 is 1. The van der Waals surface area contributed by atoms with Crippen molar-refractivity contribution < 1.29 is 14.3 Å². The van der Waals surface area contributed by atoms with Gasteiger partial charge in [0.2, 0.25) is 0 Å². The maximum Gasteiger partial charge on any atom is 0.337 e. The van der Waals surface area contributed by atoms with E-state index in [0.29, 0.717) is 17.5 Å². The molecule has 1 N–H and O–H groups in total. The number of rotatable bonds is 1. The average Bonchev–Trinajstić information content (AvgIpc) is 3.06. The molecule has 1 fully saturated rings. The minimum absolute atomic E-state index is 0.124. The van der Waals surface area contributed by atoms with Crippen LogP contribution in [0.5, 0.6) is 0 Å². The fraction of sp³-hybridized carbons (Fsp3) is 0.476. The number of hydrogen-bond acceptors (Lipinski definition) is 4. The summed E-state index contributed by atoms with van der Waals surface area (Å²) in [6.07, 6.45) is 3.77. The van der Waals surface area contributed by atoms with Crippen LogP contribution in [0.2, 0.25) is 0 Å². The maximum absolute atomic E-state index is 12.3. The number of H-pyrrole nitrogens is 1. The molecule has 4 atom stereocenters. The largest absolute Gasteiger partial charge is 0.497 e. The first kappa shape index (κ1) is 15.9. The van der Waals surface area contributed by atoms with E-state index in [-0.39, 0.29) is 18.0 Å². The van der Waals surface area contributed by atoms with Gasteiger partial charge in [-0.1, -0.05) is 18.2 Å². The SMILES string of the molecule is COC(=O)C1=CO[C@H](C)[C@H]2CN3CCc4c([nH]c5ccccc45)[C@H]3C[C@@H]12. The molecule has 0 radical (unpaired) electrons. The van der Waals surface area contributed by atoms with Gasteiger partial charge in [0.25, 0.3) is 0 Å². The van der Waals surface area contributed by atoms with Gasteiger partial charge in [0.1, 0.15) is 0 Å². The number of hydrogen-bond donors (Lipinski definition) is 1. The van der Waals surface area contributed by atoms with Crippen molar-refractivity contribution >= 4 is 16.9 Å². The number of nitrogens with one attached hydrogen (secondary N) is 1. The highest BCUT2D eigenvalue weighted by Crippen LogP contribution is 2.47. The summed E-state index contributed by atoms with van der Waals surface area (Å²) >= 11 is 0. The van der Waals surface area contributed by atoms with Crippen molar-refractivity contribution in [3.05, 3.63) is 47.4 Å². The zero-order valence-electron chi connectivity index (χ0n) is 15.2. The number of esters is 1. The summed E-state index contributed by atoms with van der Waals surface area (Å²) in [6.45, 7) is 4.13. The second-order valence-electron chi connectivity index (χ2n) is 7.74. The minimum Gasteiger partial charge on any atom is -0.497 e. The van der Waals surface area contributed by atoms with Crippen LogP contribution >= 0.6 is 0 Å². The summed E-state index contributed by atoms with van der Waals surface area (Å²) in [4.78, 5) is 18.5. The zero-order valence-corrected chi connectivity index (χ0v) is 15.2. The van der Waals surface area contributed by atoms with E-state index in [1.807, 2.05) is 0 Å². The normalized spacial score (nSPS) is 30.6. The standard InChI is InChI=1S/C21H24N2O3/c1-12-16-10-23-8-7-14-13-5-3-4-6-18(13)22-20(14)19(23)9-15(16)17(11-26-12)21(24)25-2/h3-6,11-12,15-16,19,22H,7-10H2,1-2H3/t12-,15-,16-,19-/m1/s1. The first-order valence-electron chi connectivity index (χ1n) is 9.44. The molecule has 0 bridgehead atoms. The van der Waals surface area contributed by atoms with Crippen molar-refractivity contribution in [1.29, 1.82) is 0 Å². The summed E-state index contributed by atoms with van der Waals surface area (Å²) in [5.74, 6) is 0.258. The Balaban J connectivity index is 1.55. The highest BCUT2D eigenvalue weighted by molar-refractivity contribution is 5.89. The number of aromatic nitrogens is 1. The Morgan fingerprint density at radius 1 is 1.35 bits per heavy atom. The van der Waals surface area contributed by atoms with Crippen molar-refractivity contribution in [1.82, 2.24) is 9.88 Å². The van der Waals surface area contributed by atoms with E-state index < -0.39 is 0 Å². The Hall–Kier alpha value is -2.27.